The quantitative estimate of drug-likeness (QED) is 0.821. The monoisotopic (exact) mass is 323 g/mol. The largest absolute Gasteiger partial charge is 0.370 e. The lowest BCUT2D eigenvalue weighted by Crippen LogP contribution is -2.13. The van der Waals surface area contributed by atoms with E-state index in [0.29, 0.717) is 28.6 Å². The van der Waals surface area contributed by atoms with Crippen molar-refractivity contribution >= 4 is 40.6 Å². The van der Waals surface area contributed by atoms with Gasteiger partial charge in [0.15, 0.2) is 0 Å². The number of aryl methyl sites for hydroxylation is 1. The second kappa shape index (κ2) is 6.78. The van der Waals surface area contributed by atoms with E-state index in [1.807, 2.05) is 19.9 Å². The van der Waals surface area contributed by atoms with Crippen LogP contribution in [0.2, 0.25) is 10.2 Å². The number of amides is 1. The first-order chi connectivity index (χ1) is 9.99. The molecule has 1 heterocycles. The van der Waals surface area contributed by atoms with Gasteiger partial charge in [0.05, 0.1) is 0 Å². The SMILES string of the molecule is CCNc1cc(C(=O)Nc2ccc(C)c(Cl)c2)cc(Cl)n1. The predicted octanol–water partition coefficient (Wildman–Crippen LogP) is 4.38. The number of benzene rings is 1. The normalized spacial score (nSPS) is 10.3. The van der Waals surface area contributed by atoms with Gasteiger partial charge in [-0.3, -0.25) is 4.79 Å². The van der Waals surface area contributed by atoms with Crippen LogP contribution in [0.15, 0.2) is 30.3 Å². The van der Waals surface area contributed by atoms with E-state index in [1.165, 1.54) is 6.07 Å². The summed E-state index contributed by atoms with van der Waals surface area (Å²) in [5.41, 5.74) is 2.02. The van der Waals surface area contributed by atoms with Crippen LogP contribution in [0.25, 0.3) is 0 Å². The van der Waals surface area contributed by atoms with Crippen LogP contribution in [-0.4, -0.2) is 17.4 Å². The lowest BCUT2D eigenvalue weighted by Gasteiger charge is -2.09. The van der Waals surface area contributed by atoms with Crippen molar-refractivity contribution in [3.63, 3.8) is 0 Å². The Kier molecular flexibility index (Phi) is 5.04. The number of pyridine rings is 1. The summed E-state index contributed by atoms with van der Waals surface area (Å²) in [6.07, 6.45) is 0. The van der Waals surface area contributed by atoms with E-state index in [-0.39, 0.29) is 11.1 Å². The first kappa shape index (κ1) is 15.6. The molecule has 2 rings (SSSR count). The highest BCUT2D eigenvalue weighted by molar-refractivity contribution is 6.31. The number of carbonyl (C=O) groups is 1. The molecule has 4 nitrogen and oxygen atoms in total. The Morgan fingerprint density at radius 2 is 2.00 bits per heavy atom. The molecule has 0 bridgehead atoms. The number of carbonyl (C=O) groups excluding carboxylic acids is 1. The number of hydrogen-bond donors (Lipinski definition) is 2. The Hall–Kier alpha value is -1.78. The third-order valence-electron chi connectivity index (χ3n) is 2.84. The molecule has 0 aliphatic rings. The zero-order valence-corrected chi connectivity index (χ0v) is 13.2. The highest BCUT2D eigenvalue weighted by atomic mass is 35.5. The Morgan fingerprint density at radius 1 is 1.24 bits per heavy atom. The van der Waals surface area contributed by atoms with Crippen molar-refractivity contribution in [1.29, 1.82) is 0 Å². The highest BCUT2D eigenvalue weighted by Crippen LogP contribution is 2.21. The second-order valence-corrected chi connectivity index (χ2v) is 5.31. The van der Waals surface area contributed by atoms with E-state index in [1.54, 1.807) is 18.2 Å². The fourth-order valence-electron chi connectivity index (χ4n) is 1.77. The van der Waals surface area contributed by atoms with Crippen LogP contribution in [0.3, 0.4) is 0 Å². The van der Waals surface area contributed by atoms with Gasteiger partial charge in [-0.15, -0.1) is 0 Å². The van der Waals surface area contributed by atoms with E-state index < -0.39 is 0 Å². The van der Waals surface area contributed by atoms with Gasteiger partial charge in [-0.25, -0.2) is 4.98 Å². The van der Waals surface area contributed by atoms with Gasteiger partial charge < -0.3 is 10.6 Å². The van der Waals surface area contributed by atoms with Crippen LogP contribution in [0, 0.1) is 6.92 Å². The molecule has 110 valence electrons. The Labute approximate surface area is 133 Å². The van der Waals surface area contributed by atoms with Crippen molar-refractivity contribution in [2.75, 3.05) is 17.2 Å². The minimum Gasteiger partial charge on any atom is -0.370 e. The third-order valence-corrected chi connectivity index (χ3v) is 3.44. The Bertz CT molecular complexity index is 674. The fraction of sp³-hybridized carbons (Fsp3) is 0.200. The number of nitrogens with one attached hydrogen (secondary N) is 2. The van der Waals surface area contributed by atoms with E-state index in [4.69, 9.17) is 23.2 Å². The number of rotatable bonds is 4. The van der Waals surface area contributed by atoms with Crippen LogP contribution >= 0.6 is 23.2 Å². The van der Waals surface area contributed by atoms with Crippen molar-refractivity contribution in [3.05, 3.63) is 51.6 Å². The van der Waals surface area contributed by atoms with Gasteiger partial charge in [-0.1, -0.05) is 29.3 Å². The maximum atomic E-state index is 12.3. The van der Waals surface area contributed by atoms with Crippen LogP contribution in [0.5, 0.6) is 0 Å². The van der Waals surface area contributed by atoms with E-state index >= 15 is 0 Å². The number of anilines is 2. The molecule has 0 atom stereocenters. The van der Waals surface area contributed by atoms with Crippen molar-refractivity contribution in [1.82, 2.24) is 4.98 Å². The molecule has 0 saturated heterocycles. The number of hydrogen-bond acceptors (Lipinski definition) is 3. The van der Waals surface area contributed by atoms with Crippen LogP contribution in [0.1, 0.15) is 22.8 Å². The molecule has 2 aromatic rings. The zero-order valence-electron chi connectivity index (χ0n) is 11.7. The van der Waals surface area contributed by atoms with Gasteiger partial charge >= 0.3 is 0 Å². The van der Waals surface area contributed by atoms with Crippen molar-refractivity contribution < 1.29 is 4.79 Å². The molecule has 6 heteroatoms. The summed E-state index contributed by atoms with van der Waals surface area (Å²) in [4.78, 5) is 16.3. The van der Waals surface area contributed by atoms with Gasteiger partial charge in [0, 0.05) is 22.8 Å². The topological polar surface area (TPSA) is 54.0 Å². The van der Waals surface area contributed by atoms with Gasteiger partial charge in [-0.05, 0) is 43.7 Å². The first-order valence-electron chi connectivity index (χ1n) is 6.48. The molecule has 0 aliphatic heterocycles. The minimum absolute atomic E-state index is 0.264. The third kappa shape index (κ3) is 4.09. The molecule has 0 saturated carbocycles. The Balaban J connectivity index is 2.21. The summed E-state index contributed by atoms with van der Waals surface area (Å²) in [5, 5.41) is 6.68. The lowest BCUT2D eigenvalue weighted by molar-refractivity contribution is 0.102. The van der Waals surface area contributed by atoms with Crippen LogP contribution < -0.4 is 10.6 Å². The average molecular weight is 324 g/mol. The van der Waals surface area contributed by atoms with Crippen molar-refractivity contribution in [3.8, 4) is 0 Å². The van der Waals surface area contributed by atoms with Gasteiger partial charge in [0.2, 0.25) is 0 Å². The Morgan fingerprint density at radius 3 is 2.67 bits per heavy atom. The molecule has 0 fully saturated rings. The zero-order chi connectivity index (χ0) is 15.4. The molecule has 2 N–H and O–H groups in total. The predicted molar refractivity (Wildman–Crippen MR) is 87.6 cm³/mol. The summed E-state index contributed by atoms with van der Waals surface area (Å²) in [6.45, 7) is 4.54. The molecule has 0 aliphatic carbocycles. The molecular formula is C15H15Cl2N3O. The van der Waals surface area contributed by atoms with Gasteiger partial charge in [0.1, 0.15) is 11.0 Å². The maximum absolute atomic E-state index is 12.3. The number of nitrogens with zero attached hydrogens (tertiary/aromatic N) is 1. The number of halogens is 2. The molecule has 0 radical (unpaired) electrons. The van der Waals surface area contributed by atoms with E-state index in [2.05, 4.69) is 15.6 Å². The summed E-state index contributed by atoms with van der Waals surface area (Å²) in [6, 6.07) is 8.53. The second-order valence-electron chi connectivity index (χ2n) is 4.51. The van der Waals surface area contributed by atoms with Gasteiger partial charge in [0.25, 0.3) is 5.91 Å². The summed E-state index contributed by atoms with van der Waals surface area (Å²) >= 11 is 12.0. The maximum Gasteiger partial charge on any atom is 0.255 e. The van der Waals surface area contributed by atoms with Crippen LogP contribution in [0.4, 0.5) is 11.5 Å². The minimum atomic E-state index is -0.265. The highest BCUT2D eigenvalue weighted by Gasteiger charge is 2.10. The summed E-state index contributed by atoms with van der Waals surface area (Å²) in [7, 11) is 0. The fourth-order valence-corrected chi connectivity index (χ4v) is 2.16. The lowest BCUT2D eigenvalue weighted by atomic mass is 10.2. The summed E-state index contributed by atoms with van der Waals surface area (Å²) in [5.74, 6) is 0.301. The van der Waals surface area contributed by atoms with E-state index in [0.717, 1.165) is 5.56 Å². The molecule has 21 heavy (non-hydrogen) atoms. The van der Waals surface area contributed by atoms with Crippen molar-refractivity contribution in [2.24, 2.45) is 0 Å². The number of aromatic nitrogens is 1. The van der Waals surface area contributed by atoms with Crippen LogP contribution in [-0.2, 0) is 0 Å². The molecule has 1 aromatic carbocycles. The van der Waals surface area contributed by atoms with Crippen molar-refractivity contribution in [2.45, 2.75) is 13.8 Å². The average Bonchev–Trinajstić information content (AvgIpc) is 2.42. The summed E-state index contributed by atoms with van der Waals surface area (Å²) < 4.78 is 0. The molecule has 1 aromatic heterocycles. The van der Waals surface area contributed by atoms with E-state index in [9.17, 15) is 4.79 Å². The molecule has 0 spiro atoms. The molecule has 1 amide bonds. The molecular weight excluding hydrogens is 309 g/mol. The smallest absolute Gasteiger partial charge is 0.255 e. The molecule has 0 unspecified atom stereocenters. The first-order valence-corrected chi connectivity index (χ1v) is 7.24. The van der Waals surface area contributed by atoms with Gasteiger partial charge in [-0.2, -0.15) is 0 Å². The standard InChI is InChI=1S/C15H15Cl2N3O/c1-3-18-14-7-10(6-13(17)20-14)15(21)19-11-5-4-9(2)12(16)8-11/h4-8H,3H2,1-2H3,(H,18,20)(H,19,21).